The van der Waals surface area contributed by atoms with Crippen LogP contribution in [-0.2, 0) is 11.3 Å². The molecular weight excluding hydrogens is 336 g/mol. The summed E-state index contributed by atoms with van der Waals surface area (Å²) in [5, 5.41) is 5.36. The third-order valence-corrected chi connectivity index (χ3v) is 5.19. The molecule has 2 aromatic rings. The average Bonchev–Trinajstić information content (AvgIpc) is 3.06. The van der Waals surface area contributed by atoms with E-state index in [2.05, 4.69) is 43.0 Å². The van der Waals surface area contributed by atoms with Gasteiger partial charge in [0, 0.05) is 37.4 Å². The van der Waals surface area contributed by atoms with Gasteiger partial charge in [-0.1, -0.05) is 0 Å². The molecule has 2 aromatic heterocycles. The molecule has 1 fully saturated rings. The highest BCUT2D eigenvalue weighted by Crippen LogP contribution is 2.24. The van der Waals surface area contributed by atoms with E-state index in [1.54, 1.807) is 18.4 Å². The molecule has 0 unspecified atom stereocenters. The fraction of sp³-hybridized carbons (Fsp3) is 0.588. The Bertz CT molecular complexity index is 762. The summed E-state index contributed by atoms with van der Waals surface area (Å²) in [6, 6.07) is 0.193. The molecule has 3 heterocycles. The molecule has 0 aliphatic carbocycles. The Balaban J connectivity index is 1.69. The summed E-state index contributed by atoms with van der Waals surface area (Å²) in [5.41, 5.74) is 0.720. The van der Waals surface area contributed by atoms with Crippen LogP contribution in [0.3, 0.4) is 0 Å². The summed E-state index contributed by atoms with van der Waals surface area (Å²) in [7, 11) is 1.75. The van der Waals surface area contributed by atoms with E-state index in [1.807, 2.05) is 32.0 Å². The van der Waals surface area contributed by atoms with Crippen molar-refractivity contribution in [1.82, 2.24) is 24.5 Å². The zero-order valence-electron chi connectivity index (χ0n) is 15.5. The molecule has 25 heavy (non-hydrogen) atoms. The first-order chi connectivity index (χ1) is 11.8. The van der Waals surface area contributed by atoms with Crippen molar-refractivity contribution in [3.63, 3.8) is 0 Å². The van der Waals surface area contributed by atoms with E-state index in [0.717, 1.165) is 23.2 Å². The van der Waals surface area contributed by atoms with Crippen LogP contribution in [0.5, 0.6) is 0 Å². The molecule has 0 bridgehead atoms. The number of carbonyl (C=O) groups excluding carboxylic acids is 1. The van der Waals surface area contributed by atoms with Gasteiger partial charge in [-0.2, -0.15) is 0 Å². The largest absolute Gasteiger partial charge is 0.351 e. The van der Waals surface area contributed by atoms with E-state index >= 15 is 0 Å². The third-order valence-electron chi connectivity index (χ3n) is 4.42. The molecule has 3 rings (SSSR count). The molecule has 1 saturated heterocycles. The van der Waals surface area contributed by atoms with E-state index < -0.39 is 0 Å². The van der Waals surface area contributed by atoms with Gasteiger partial charge in [0.1, 0.15) is 0 Å². The van der Waals surface area contributed by atoms with Crippen molar-refractivity contribution in [2.24, 2.45) is 4.99 Å². The van der Waals surface area contributed by atoms with Crippen LogP contribution in [0.15, 0.2) is 22.8 Å². The number of hydrogen-bond donors (Lipinski definition) is 1. The van der Waals surface area contributed by atoms with Crippen molar-refractivity contribution in [3.05, 3.63) is 23.5 Å². The number of aliphatic imine (C=N–C) groups is 1. The van der Waals surface area contributed by atoms with Crippen LogP contribution >= 0.6 is 11.3 Å². The molecule has 1 amide bonds. The van der Waals surface area contributed by atoms with Crippen LogP contribution in [-0.4, -0.2) is 62.8 Å². The molecule has 1 aliphatic rings. The summed E-state index contributed by atoms with van der Waals surface area (Å²) in [5.74, 6) is 0.873. The lowest BCUT2D eigenvalue weighted by molar-refractivity contribution is -0.145. The van der Waals surface area contributed by atoms with Gasteiger partial charge < -0.3 is 15.1 Å². The number of carbonyl (C=O) groups is 1. The Hall–Kier alpha value is -2.09. The Morgan fingerprint density at radius 1 is 1.48 bits per heavy atom. The first-order valence-electron chi connectivity index (χ1n) is 8.50. The molecule has 0 saturated carbocycles. The van der Waals surface area contributed by atoms with Gasteiger partial charge in [-0.05, 0) is 27.7 Å². The number of amides is 1. The lowest BCUT2D eigenvalue weighted by atomic mass is 9.96. The Labute approximate surface area is 152 Å². The zero-order chi connectivity index (χ0) is 18.2. The molecular formula is C17H26N6OS. The number of aromatic nitrogens is 2. The first-order valence-corrected chi connectivity index (χ1v) is 9.38. The number of nitrogens with zero attached hydrogens (tertiary/aromatic N) is 5. The van der Waals surface area contributed by atoms with Crippen molar-refractivity contribution in [3.8, 4) is 0 Å². The maximum Gasteiger partial charge on any atom is 0.242 e. The molecule has 8 heteroatoms. The van der Waals surface area contributed by atoms with Gasteiger partial charge in [-0.25, -0.2) is 4.98 Å². The standard InChI is InChI=1S/C17H26N6OS/c1-12(2)23-14(24)10-22(11-17(23,3)4)15(18-5)19-8-13-9-21-6-7-25-16(21)20-13/h6-7,9,12H,8,10-11H2,1-5H3,(H,18,19). The highest BCUT2D eigenvalue weighted by atomic mass is 32.1. The number of nitrogens with one attached hydrogen (secondary N) is 1. The highest BCUT2D eigenvalue weighted by Gasteiger charge is 2.40. The number of fused-ring (bicyclic) bond motifs is 1. The van der Waals surface area contributed by atoms with E-state index in [0.29, 0.717) is 13.1 Å². The average molecular weight is 363 g/mol. The number of piperazine rings is 1. The number of rotatable bonds is 3. The Kier molecular flexibility index (Phi) is 4.73. The smallest absolute Gasteiger partial charge is 0.242 e. The minimum atomic E-state index is -0.238. The van der Waals surface area contributed by atoms with E-state index in [-0.39, 0.29) is 17.5 Å². The molecule has 1 N–H and O–H groups in total. The fourth-order valence-electron chi connectivity index (χ4n) is 3.68. The van der Waals surface area contributed by atoms with Crippen LogP contribution in [0.1, 0.15) is 33.4 Å². The van der Waals surface area contributed by atoms with Crippen LogP contribution < -0.4 is 5.32 Å². The molecule has 0 aromatic carbocycles. The Morgan fingerprint density at radius 2 is 2.24 bits per heavy atom. The lowest BCUT2D eigenvalue weighted by Gasteiger charge is -2.49. The lowest BCUT2D eigenvalue weighted by Crippen LogP contribution is -2.66. The molecule has 136 valence electrons. The Morgan fingerprint density at radius 3 is 2.84 bits per heavy atom. The second-order valence-electron chi connectivity index (χ2n) is 7.25. The molecule has 1 aliphatic heterocycles. The zero-order valence-corrected chi connectivity index (χ0v) is 16.3. The summed E-state index contributed by atoms with van der Waals surface area (Å²) >= 11 is 1.61. The summed E-state index contributed by atoms with van der Waals surface area (Å²) in [6.45, 7) is 10.0. The summed E-state index contributed by atoms with van der Waals surface area (Å²) in [6.07, 6.45) is 4.01. The number of hydrogen-bond acceptors (Lipinski definition) is 4. The molecule has 0 radical (unpaired) electrons. The number of thiazole rings is 1. The number of guanidine groups is 1. The van der Waals surface area contributed by atoms with Crippen molar-refractivity contribution in [1.29, 1.82) is 0 Å². The summed E-state index contributed by atoms with van der Waals surface area (Å²) < 4.78 is 2.01. The predicted molar refractivity (Wildman–Crippen MR) is 101 cm³/mol. The van der Waals surface area contributed by atoms with Gasteiger partial charge in [0.2, 0.25) is 5.91 Å². The SMILES string of the molecule is CN=C(NCc1cn2ccsc2n1)N1CC(=O)N(C(C)C)C(C)(C)C1. The first kappa shape index (κ1) is 17.7. The maximum absolute atomic E-state index is 12.6. The van der Waals surface area contributed by atoms with Crippen LogP contribution in [0.4, 0.5) is 0 Å². The van der Waals surface area contributed by atoms with Gasteiger partial charge in [0.05, 0.1) is 24.3 Å². The van der Waals surface area contributed by atoms with Gasteiger partial charge in [-0.15, -0.1) is 11.3 Å². The highest BCUT2D eigenvalue weighted by molar-refractivity contribution is 7.15. The minimum absolute atomic E-state index is 0.136. The van der Waals surface area contributed by atoms with Gasteiger partial charge in [-0.3, -0.25) is 14.2 Å². The van der Waals surface area contributed by atoms with Crippen molar-refractivity contribution in [2.45, 2.75) is 45.8 Å². The molecule has 0 spiro atoms. The molecule has 7 nitrogen and oxygen atoms in total. The fourth-order valence-corrected chi connectivity index (χ4v) is 4.40. The second kappa shape index (κ2) is 6.67. The topological polar surface area (TPSA) is 65.2 Å². The maximum atomic E-state index is 12.6. The summed E-state index contributed by atoms with van der Waals surface area (Å²) in [4.78, 5) is 26.5. The van der Waals surface area contributed by atoms with Crippen LogP contribution in [0.2, 0.25) is 0 Å². The number of imidazole rings is 1. The van der Waals surface area contributed by atoms with Crippen molar-refractivity contribution in [2.75, 3.05) is 20.1 Å². The van der Waals surface area contributed by atoms with Gasteiger partial charge >= 0.3 is 0 Å². The van der Waals surface area contributed by atoms with Crippen molar-refractivity contribution < 1.29 is 4.79 Å². The van der Waals surface area contributed by atoms with Gasteiger partial charge in [0.25, 0.3) is 0 Å². The van der Waals surface area contributed by atoms with E-state index in [1.165, 1.54) is 0 Å². The monoisotopic (exact) mass is 362 g/mol. The predicted octanol–water partition coefficient (Wildman–Crippen LogP) is 1.80. The van der Waals surface area contributed by atoms with Crippen LogP contribution in [0, 0.1) is 0 Å². The van der Waals surface area contributed by atoms with E-state index in [4.69, 9.17) is 0 Å². The van der Waals surface area contributed by atoms with Gasteiger partial charge in [0.15, 0.2) is 10.9 Å². The second-order valence-corrected chi connectivity index (χ2v) is 8.12. The molecule has 0 atom stereocenters. The minimum Gasteiger partial charge on any atom is -0.351 e. The normalized spacial score (nSPS) is 18.5. The van der Waals surface area contributed by atoms with Crippen LogP contribution in [0.25, 0.3) is 4.96 Å². The van der Waals surface area contributed by atoms with Crippen molar-refractivity contribution >= 4 is 28.2 Å². The van der Waals surface area contributed by atoms with E-state index in [9.17, 15) is 4.79 Å². The quantitative estimate of drug-likeness (QED) is 0.668. The third kappa shape index (κ3) is 3.49.